The Morgan fingerprint density at radius 3 is 2.37 bits per heavy atom. The van der Waals surface area contributed by atoms with E-state index in [4.69, 9.17) is 10.5 Å². The van der Waals surface area contributed by atoms with E-state index >= 15 is 0 Å². The van der Waals surface area contributed by atoms with Crippen LogP contribution in [0, 0.1) is 5.82 Å². The quantitative estimate of drug-likeness (QED) is 0.593. The molecule has 0 heterocycles. The number of carbonyl (C=O) groups is 1. The summed E-state index contributed by atoms with van der Waals surface area (Å²) in [5.74, 6) is 0.185. The van der Waals surface area contributed by atoms with Gasteiger partial charge in [-0.25, -0.2) is 4.39 Å². The maximum atomic E-state index is 13.7. The van der Waals surface area contributed by atoms with Gasteiger partial charge in [-0.05, 0) is 65.7 Å². The topological polar surface area (TPSA) is 58.8 Å². The van der Waals surface area contributed by atoms with Crippen molar-refractivity contribution in [3.05, 3.63) is 89.2 Å². The Kier molecular flexibility index (Phi) is 6.57. The number of ether oxygens (including phenoxy) is 1. The van der Waals surface area contributed by atoms with E-state index in [1.54, 1.807) is 42.3 Å². The summed E-state index contributed by atoms with van der Waals surface area (Å²) in [4.78, 5) is 17.0. The lowest BCUT2D eigenvalue weighted by Gasteiger charge is -2.26. The Morgan fingerprint density at radius 1 is 1.00 bits per heavy atom. The first-order chi connectivity index (χ1) is 14.4. The zero-order chi connectivity index (χ0) is 21.7. The summed E-state index contributed by atoms with van der Waals surface area (Å²) in [6, 6.07) is 18.9. The first kappa shape index (κ1) is 21.2. The van der Waals surface area contributed by atoms with E-state index in [-0.39, 0.29) is 18.3 Å². The maximum Gasteiger partial charge on any atom is 0.254 e. The highest BCUT2D eigenvalue weighted by Crippen LogP contribution is 2.25. The van der Waals surface area contributed by atoms with E-state index in [1.807, 2.05) is 43.3 Å². The molecular formula is C24H26FN3O2. The number of methoxy groups -OCH3 is 1. The lowest BCUT2D eigenvalue weighted by atomic mass is 10.1. The molecular weight excluding hydrogens is 381 g/mol. The van der Waals surface area contributed by atoms with Gasteiger partial charge in [0.2, 0.25) is 0 Å². The van der Waals surface area contributed by atoms with Gasteiger partial charge >= 0.3 is 0 Å². The summed E-state index contributed by atoms with van der Waals surface area (Å²) >= 11 is 0. The van der Waals surface area contributed by atoms with Crippen LogP contribution in [0.5, 0.6) is 5.75 Å². The number of nitrogens with two attached hydrogens (primary N) is 1. The molecule has 0 aliphatic carbocycles. The third kappa shape index (κ3) is 5.08. The van der Waals surface area contributed by atoms with E-state index in [0.29, 0.717) is 29.1 Å². The van der Waals surface area contributed by atoms with Gasteiger partial charge in [-0.1, -0.05) is 12.1 Å². The zero-order valence-corrected chi connectivity index (χ0v) is 17.4. The average Bonchev–Trinajstić information content (AvgIpc) is 2.72. The smallest absolute Gasteiger partial charge is 0.254 e. The maximum absolute atomic E-state index is 13.7. The number of amides is 1. The van der Waals surface area contributed by atoms with E-state index < -0.39 is 0 Å². The lowest BCUT2D eigenvalue weighted by Crippen LogP contribution is -2.31. The average molecular weight is 407 g/mol. The molecule has 0 aromatic heterocycles. The Bertz CT molecular complexity index is 1020. The number of halogens is 1. The van der Waals surface area contributed by atoms with Crippen molar-refractivity contribution in [2.75, 3.05) is 31.8 Å². The van der Waals surface area contributed by atoms with Crippen LogP contribution in [0.15, 0.2) is 66.7 Å². The van der Waals surface area contributed by atoms with Crippen LogP contribution in [-0.2, 0) is 13.1 Å². The first-order valence-corrected chi connectivity index (χ1v) is 9.61. The van der Waals surface area contributed by atoms with Crippen molar-refractivity contribution < 1.29 is 13.9 Å². The van der Waals surface area contributed by atoms with Crippen molar-refractivity contribution >= 4 is 17.3 Å². The van der Waals surface area contributed by atoms with E-state index in [0.717, 1.165) is 11.3 Å². The fraction of sp³-hybridized carbons (Fsp3) is 0.208. The van der Waals surface area contributed by atoms with Gasteiger partial charge in [0.25, 0.3) is 5.91 Å². The number of hydrogen-bond acceptors (Lipinski definition) is 4. The molecule has 0 saturated heterocycles. The van der Waals surface area contributed by atoms with Crippen molar-refractivity contribution in [2.24, 2.45) is 0 Å². The molecule has 0 aliphatic rings. The first-order valence-electron chi connectivity index (χ1n) is 9.61. The second-order valence-corrected chi connectivity index (χ2v) is 7.30. The van der Waals surface area contributed by atoms with Gasteiger partial charge in [0.15, 0.2) is 0 Å². The summed E-state index contributed by atoms with van der Waals surface area (Å²) in [6.07, 6.45) is 0. The number of benzene rings is 3. The predicted molar refractivity (Wildman–Crippen MR) is 118 cm³/mol. The minimum atomic E-state index is -0.331. The van der Waals surface area contributed by atoms with Gasteiger partial charge < -0.3 is 20.3 Å². The highest BCUT2D eigenvalue weighted by atomic mass is 19.1. The van der Waals surface area contributed by atoms with Crippen molar-refractivity contribution in [3.63, 3.8) is 0 Å². The van der Waals surface area contributed by atoms with Gasteiger partial charge in [0.1, 0.15) is 11.6 Å². The SMILES string of the molecule is COc1ccc(C(=O)N(Cc2cccc(F)c2)Cc2cc(N)ccc2N(C)C)cc1. The molecule has 0 radical (unpaired) electrons. The molecule has 2 N–H and O–H groups in total. The third-order valence-corrected chi connectivity index (χ3v) is 4.83. The minimum absolute atomic E-state index is 0.158. The molecule has 3 aromatic rings. The van der Waals surface area contributed by atoms with E-state index in [2.05, 4.69) is 0 Å². The van der Waals surface area contributed by atoms with Gasteiger partial charge in [-0.2, -0.15) is 0 Å². The summed E-state index contributed by atoms with van der Waals surface area (Å²) in [5.41, 5.74) is 9.76. The highest BCUT2D eigenvalue weighted by Gasteiger charge is 2.19. The Labute approximate surface area is 176 Å². The normalized spacial score (nSPS) is 10.5. The molecule has 1 amide bonds. The van der Waals surface area contributed by atoms with E-state index in [9.17, 15) is 9.18 Å². The summed E-state index contributed by atoms with van der Waals surface area (Å²) in [7, 11) is 5.46. The largest absolute Gasteiger partial charge is 0.497 e. The van der Waals surface area contributed by atoms with Crippen molar-refractivity contribution in [1.82, 2.24) is 4.90 Å². The molecule has 0 aliphatic heterocycles. The molecule has 3 rings (SSSR count). The molecule has 156 valence electrons. The lowest BCUT2D eigenvalue weighted by molar-refractivity contribution is 0.0730. The fourth-order valence-corrected chi connectivity index (χ4v) is 3.35. The predicted octanol–water partition coefficient (Wildman–Crippen LogP) is 4.33. The summed E-state index contributed by atoms with van der Waals surface area (Å²) in [5, 5.41) is 0. The molecule has 0 spiro atoms. The van der Waals surface area contributed by atoms with Crippen LogP contribution >= 0.6 is 0 Å². The van der Waals surface area contributed by atoms with Gasteiger partial charge in [0, 0.05) is 44.1 Å². The Hall–Kier alpha value is -3.54. The van der Waals surface area contributed by atoms with Crippen LogP contribution in [0.25, 0.3) is 0 Å². The molecule has 0 saturated carbocycles. The van der Waals surface area contributed by atoms with Crippen molar-refractivity contribution in [1.29, 1.82) is 0 Å². The van der Waals surface area contributed by atoms with E-state index in [1.165, 1.54) is 12.1 Å². The van der Waals surface area contributed by atoms with Crippen molar-refractivity contribution in [2.45, 2.75) is 13.1 Å². The van der Waals surface area contributed by atoms with Gasteiger partial charge in [0.05, 0.1) is 7.11 Å². The van der Waals surface area contributed by atoms with Crippen LogP contribution < -0.4 is 15.4 Å². The number of nitrogen functional groups attached to an aromatic ring is 1. The number of carbonyl (C=O) groups excluding carboxylic acids is 1. The molecule has 5 nitrogen and oxygen atoms in total. The highest BCUT2D eigenvalue weighted by molar-refractivity contribution is 5.94. The molecule has 3 aromatic carbocycles. The molecule has 30 heavy (non-hydrogen) atoms. The number of rotatable bonds is 7. The van der Waals surface area contributed by atoms with Crippen LogP contribution in [-0.4, -0.2) is 32.0 Å². The standard InChI is InChI=1S/C24H26FN3O2/c1-27(2)23-12-9-21(26)14-19(23)16-28(15-17-5-4-6-20(25)13-17)24(29)18-7-10-22(30-3)11-8-18/h4-14H,15-16,26H2,1-3H3. The van der Waals surface area contributed by atoms with Crippen LogP contribution in [0.3, 0.4) is 0 Å². The van der Waals surface area contributed by atoms with Crippen molar-refractivity contribution in [3.8, 4) is 5.75 Å². The monoisotopic (exact) mass is 407 g/mol. The second-order valence-electron chi connectivity index (χ2n) is 7.30. The summed E-state index contributed by atoms with van der Waals surface area (Å²) in [6.45, 7) is 0.601. The summed E-state index contributed by atoms with van der Waals surface area (Å²) < 4.78 is 18.9. The number of anilines is 2. The van der Waals surface area contributed by atoms with Gasteiger partial charge in [-0.15, -0.1) is 0 Å². The molecule has 0 atom stereocenters. The molecule has 0 bridgehead atoms. The molecule has 6 heteroatoms. The molecule has 0 unspecified atom stereocenters. The number of hydrogen-bond donors (Lipinski definition) is 1. The van der Waals surface area contributed by atoms with Crippen LogP contribution in [0.2, 0.25) is 0 Å². The zero-order valence-electron chi connectivity index (χ0n) is 17.4. The second kappa shape index (κ2) is 9.31. The van der Waals surface area contributed by atoms with Crippen LogP contribution in [0.1, 0.15) is 21.5 Å². The minimum Gasteiger partial charge on any atom is -0.497 e. The fourth-order valence-electron chi connectivity index (χ4n) is 3.35. The Balaban J connectivity index is 1.96. The number of nitrogens with zero attached hydrogens (tertiary/aromatic N) is 2. The Morgan fingerprint density at radius 2 is 1.73 bits per heavy atom. The van der Waals surface area contributed by atoms with Gasteiger partial charge in [-0.3, -0.25) is 4.79 Å². The third-order valence-electron chi connectivity index (χ3n) is 4.83. The van der Waals surface area contributed by atoms with Crippen LogP contribution in [0.4, 0.5) is 15.8 Å². The molecule has 0 fully saturated rings.